The van der Waals surface area contributed by atoms with Crippen LogP contribution in [0.15, 0.2) is 4.99 Å². The number of carbonyl (C=O) groups is 2. The molecule has 0 spiro atoms. The molecule has 0 bridgehead atoms. The molecule has 160 valence electrons. The number of nitrogens with zero attached hydrogens (tertiary/aromatic N) is 4. The molecule has 0 radical (unpaired) electrons. The second-order valence-corrected chi connectivity index (χ2v) is 7.66. The first-order valence-electron chi connectivity index (χ1n) is 10.2. The van der Waals surface area contributed by atoms with Gasteiger partial charge in [0.15, 0.2) is 5.96 Å². The Kier molecular flexibility index (Phi) is 9.49. The molecule has 1 heterocycles. The fourth-order valence-electron chi connectivity index (χ4n) is 3.44. The number of carbonyl (C=O) groups excluding carboxylic acids is 2. The highest BCUT2D eigenvalue weighted by Gasteiger charge is 2.24. The average Bonchev–Trinajstić information content (AvgIpc) is 3.19. The van der Waals surface area contributed by atoms with Gasteiger partial charge in [0.2, 0.25) is 11.8 Å². The molecule has 2 rings (SSSR count). The van der Waals surface area contributed by atoms with Gasteiger partial charge in [0.1, 0.15) is 6.54 Å². The molecular weight excluding hydrogens is 360 g/mol. The summed E-state index contributed by atoms with van der Waals surface area (Å²) < 4.78 is 4.95. The largest absolute Gasteiger partial charge is 0.383 e. The summed E-state index contributed by atoms with van der Waals surface area (Å²) in [6.45, 7) is 4.80. The summed E-state index contributed by atoms with van der Waals surface area (Å²) in [6, 6.07) is 0.442. The van der Waals surface area contributed by atoms with Crippen molar-refractivity contribution in [1.29, 1.82) is 0 Å². The van der Waals surface area contributed by atoms with E-state index in [2.05, 4.69) is 25.4 Å². The van der Waals surface area contributed by atoms with Gasteiger partial charge < -0.3 is 25.2 Å². The van der Waals surface area contributed by atoms with Gasteiger partial charge >= 0.3 is 0 Å². The molecule has 2 amide bonds. The molecule has 2 fully saturated rings. The van der Waals surface area contributed by atoms with Gasteiger partial charge in [-0.1, -0.05) is 12.8 Å². The minimum atomic E-state index is -0.00270. The highest BCUT2D eigenvalue weighted by Crippen LogP contribution is 2.18. The highest BCUT2D eigenvalue weighted by atomic mass is 16.5. The monoisotopic (exact) mass is 396 g/mol. The van der Waals surface area contributed by atoms with E-state index in [0.29, 0.717) is 25.7 Å². The van der Waals surface area contributed by atoms with E-state index >= 15 is 0 Å². The molecule has 1 aliphatic heterocycles. The molecule has 1 aliphatic carbocycles. The van der Waals surface area contributed by atoms with E-state index in [9.17, 15) is 9.59 Å². The van der Waals surface area contributed by atoms with E-state index in [1.54, 1.807) is 26.1 Å². The number of ether oxygens (including phenoxy) is 1. The Morgan fingerprint density at radius 1 is 1.14 bits per heavy atom. The lowest BCUT2D eigenvalue weighted by Crippen LogP contribution is -2.55. The average molecular weight is 397 g/mol. The molecule has 0 unspecified atom stereocenters. The van der Waals surface area contributed by atoms with Crippen LogP contribution in [-0.2, 0) is 14.3 Å². The number of hydrogen-bond donors (Lipinski definition) is 2. The van der Waals surface area contributed by atoms with Gasteiger partial charge in [-0.2, -0.15) is 0 Å². The normalized spacial score (nSPS) is 19.0. The lowest BCUT2D eigenvalue weighted by molar-refractivity contribution is -0.127. The van der Waals surface area contributed by atoms with Gasteiger partial charge in [-0.25, -0.2) is 4.99 Å². The number of hydrogen-bond acceptors (Lipinski definition) is 5. The number of nitrogens with one attached hydrogen (secondary N) is 2. The fourth-order valence-corrected chi connectivity index (χ4v) is 3.44. The molecule has 0 aromatic heterocycles. The maximum atomic E-state index is 12.0. The molecule has 0 atom stereocenters. The van der Waals surface area contributed by atoms with Crippen molar-refractivity contribution in [3.05, 3.63) is 0 Å². The Bertz CT molecular complexity index is 526. The lowest BCUT2D eigenvalue weighted by atomic mass is 10.2. The number of aliphatic imine (C=N–C) groups is 1. The van der Waals surface area contributed by atoms with Crippen LogP contribution in [0.25, 0.3) is 0 Å². The number of methoxy groups -OCH3 is 1. The van der Waals surface area contributed by atoms with Crippen molar-refractivity contribution in [2.45, 2.75) is 31.7 Å². The molecule has 1 saturated carbocycles. The quantitative estimate of drug-likeness (QED) is 0.322. The van der Waals surface area contributed by atoms with E-state index in [1.165, 1.54) is 12.8 Å². The van der Waals surface area contributed by atoms with Gasteiger partial charge in [-0.3, -0.25) is 14.5 Å². The Balaban J connectivity index is 1.85. The number of amides is 2. The SMILES string of the molecule is COCCNC(=O)CN1CCN(C(=NCC(=O)N(C)C)NC2CCCC2)CC1. The summed E-state index contributed by atoms with van der Waals surface area (Å²) in [4.78, 5) is 34.5. The van der Waals surface area contributed by atoms with Crippen molar-refractivity contribution < 1.29 is 14.3 Å². The van der Waals surface area contributed by atoms with Crippen LogP contribution in [0.5, 0.6) is 0 Å². The van der Waals surface area contributed by atoms with E-state index in [-0.39, 0.29) is 18.4 Å². The third-order valence-electron chi connectivity index (χ3n) is 5.22. The minimum Gasteiger partial charge on any atom is -0.383 e. The van der Waals surface area contributed by atoms with Crippen molar-refractivity contribution in [2.75, 3.05) is 73.6 Å². The Hall–Kier alpha value is -1.87. The second-order valence-electron chi connectivity index (χ2n) is 7.66. The first-order valence-corrected chi connectivity index (χ1v) is 10.2. The van der Waals surface area contributed by atoms with Crippen LogP contribution < -0.4 is 10.6 Å². The smallest absolute Gasteiger partial charge is 0.243 e. The Labute approximate surface area is 168 Å². The summed E-state index contributed by atoms with van der Waals surface area (Å²) in [5, 5.41) is 6.42. The maximum Gasteiger partial charge on any atom is 0.243 e. The number of likely N-dealkylation sites (N-methyl/N-ethyl adjacent to an activating group) is 1. The molecule has 0 aromatic carbocycles. The highest BCUT2D eigenvalue weighted by molar-refractivity contribution is 5.85. The Morgan fingerprint density at radius 2 is 1.82 bits per heavy atom. The van der Waals surface area contributed by atoms with Gasteiger partial charge in [-0.15, -0.1) is 0 Å². The van der Waals surface area contributed by atoms with Crippen LogP contribution in [-0.4, -0.2) is 112 Å². The van der Waals surface area contributed by atoms with Crippen molar-refractivity contribution in [3.63, 3.8) is 0 Å². The molecule has 2 N–H and O–H groups in total. The van der Waals surface area contributed by atoms with Crippen molar-refractivity contribution in [1.82, 2.24) is 25.3 Å². The number of rotatable bonds is 8. The first kappa shape index (κ1) is 22.4. The van der Waals surface area contributed by atoms with Crippen LogP contribution in [0, 0.1) is 0 Å². The van der Waals surface area contributed by atoms with E-state index < -0.39 is 0 Å². The molecule has 2 aliphatic rings. The standard InChI is InChI=1S/C19H36N6O3/c1-23(2)18(27)14-21-19(22-16-6-4-5-7-16)25-11-9-24(10-12-25)15-17(26)20-8-13-28-3/h16H,4-15H2,1-3H3,(H,20,26)(H,21,22). The van der Waals surface area contributed by atoms with Crippen molar-refractivity contribution in [3.8, 4) is 0 Å². The predicted octanol–water partition coefficient (Wildman–Crippen LogP) is -0.657. The molecule has 9 heteroatoms. The summed E-state index contributed by atoms with van der Waals surface area (Å²) in [5.41, 5.74) is 0. The molecular formula is C19H36N6O3. The molecule has 1 saturated heterocycles. The molecule has 28 heavy (non-hydrogen) atoms. The van der Waals surface area contributed by atoms with Crippen LogP contribution in [0.1, 0.15) is 25.7 Å². The third-order valence-corrected chi connectivity index (χ3v) is 5.22. The van der Waals surface area contributed by atoms with Gasteiger partial charge in [0.05, 0.1) is 13.2 Å². The topological polar surface area (TPSA) is 89.5 Å². The Morgan fingerprint density at radius 3 is 2.43 bits per heavy atom. The first-order chi connectivity index (χ1) is 13.5. The zero-order valence-corrected chi connectivity index (χ0v) is 17.6. The van der Waals surface area contributed by atoms with E-state index in [0.717, 1.165) is 45.0 Å². The van der Waals surface area contributed by atoms with Gasteiger partial charge in [0.25, 0.3) is 0 Å². The predicted molar refractivity (Wildman–Crippen MR) is 109 cm³/mol. The van der Waals surface area contributed by atoms with Crippen LogP contribution >= 0.6 is 0 Å². The summed E-state index contributed by atoms with van der Waals surface area (Å²) in [5.74, 6) is 0.850. The third kappa shape index (κ3) is 7.63. The maximum absolute atomic E-state index is 12.0. The van der Waals surface area contributed by atoms with Gasteiger partial charge in [0, 0.05) is 60.0 Å². The van der Waals surface area contributed by atoms with Crippen molar-refractivity contribution >= 4 is 17.8 Å². The fraction of sp³-hybridized carbons (Fsp3) is 0.842. The van der Waals surface area contributed by atoms with Gasteiger partial charge in [-0.05, 0) is 12.8 Å². The van der Waals surface area contributed by atoms with Crippen LogP contribution in [0.2, 0.25) is 0 Å². The van der Waals surface area contributed by atoms with E-state index in [4.69, 9.17) is 4.74 Å². The zero-order valence-electron chi connectivity index (χ0n) is 17.6. The van der Waals surface area contributed by atoms with E-state index in [1.807, 2.05) is 0 Å². The molecule has 0 aromatic rings. The zero-order chi connectivity index (χ0) is 20.4. The molecule has 9 nitrogen and oxygen atoms in total. The van der Waals surface area contributed by atoms with Crippen molar-refractivity contribution in [2.24, 2.45) is 4.99 Å². The van der Waals surface area contributed by atoms with Crippen LogP contribution in [0.4, 0.5) is 0 Å². The minimum absolute atomic E-state index is 0.00270. The second kappa shape index (κ2) is 11.9. The summed E-state index contributed by atoms with van der Waals surface area (Å²) >= 11 is 0. The number of guanidine groups is 1. The van der Waals surface area contributed by atoms with Crippen LogP contribution in [0.3, 0.4) is 0 Å². The number of piperazine rings is 1. The summed E-state index contributed by atoms with van der Waals surface area (Å²) in [7, 11) is 5.12. The summed E-state index contributed by atoms with van der Waals surface area (Å²) in [6.07, 6.45) is 4.80. The lowest BCUT2D eigenvalue weighted by Gasteiger charge is -2.37.